The van der Waals surface area contributed by atoms with Crippen LogP contribution in [0.5, 0.6) is 0 Å². The largest absolute Gasteiger partial charge is 0.391 e. The van der Waals surface area contributed by atoms with E-state index in [1.807, 2.05) is 19.9 Å². The van der Waals surface area contributed by atoms with Crippen LogP contribution in [0.2, 0.25) is 0 Å². The maximum atomic E-state index is 11.9. The summed E-state index contributed by atoms with van der Waals surface area (Å²) in [5.74, 6) is 0.148. The van der Waals surface area contributed by atoms with Gasteiger partial charge in [-0.05, 0) is 25.0 Å². The molecule has 1 amide bonds. The topological polar surface area (TPSA) is 61.4 Å². The minimum Gasteiger partial charge on any atom is -0.391 e. The number of amides is 1. The lowest BCUT2D eigenvalue weighted by atomic mass is 10.0. The molecule has 3 N–H and O–H groups in total. The lowest BCUT2D eigenvalue weighted by Gasteiger charge is -2.14. The number of aryl methyl sites for hydroxylation is 2. The molecule has 4 nitrogen and oxygen atoms in total. The van der Waals surface area contributed by atoms with Crippen LogP contribution in [0.4, 0.5) is 0 Å². The lowest BCUT2D eigenvalue weighted by Crippen LogP contribution is -2.35. The number of rotatable bonds is 4. The van der Waals surface area contributed by atoms with Gasteiger partial charge in [0.05, 0.1) is 12.5 Å². The SMILES string of the molecule is Cc1ccc(C)c(CC(=O)NCC2CNCC2O)c1.Cl. The third-order valence-corrected chi connectivity index (χ3v) is 3.72. The Labute approximate surface area is 126 Å². The Kier molecular flexibility index (Phi) is 6.46. The Morgan fingerprint density at radius 1 is 1.40 bits per heavy atom. The van der Waals surface area contributed by atoms with E-state index in [4.69, 9.17) is 0 Å². The van der Waals surface area contributed by atoms with Gasteiger partial charge in [-0.15, -0.1) is 12.4 Å². The van der Waals surface area contributed by atoms with E-state index < -0.39 is 0 Å². The van der Waals surface area contributed by atoms with Crippen LogP contribution in [0, 0.1) is 19.8 Å². The van der Waals surface area contributed by atoms with E-state index in [1.54, 1.807) is 0 Å². The smallest absolute Gasteiger partial charge is 0.224 e. The molecule has 2 atom stereocenters. The summed E-state index contributed by atoms with van der Waals surface area (Å²) in [6.07, 6.45) is 0.0602. The minimum atomic E-state index is -0.346. The fraction of sp³-hybridized carbons (Fsp3) is 0.533. The van der Waals surface area contributed by atoms with Crippen LogP contribution in [0.15, 0.2) is 18.2 Å². The Hall–Kier alpha value is -1.10. The predicted molar refractivity (Wildman–Crippen MR) is 82.2 cm³/mol. The summed E-state index contributed by atoms with van der Waals surface area (Å²) in [6.45, 7) is 5.98. The summed E-state index contributed by atoms with van der Waals surface area (Å²) in [4.78, 5) is 11.9. The van der Waals surface area contributed by atoms with E-state index in [2.05, 4.69) is 22.8 Å². The van der Waals surface area contributed by atoms with Crippen LogP contribution < -0.4 is 10.6 Å². The highest BCUT2D eigenvalue weighted by Gasteiger charge is 2.24. The minimum absolute atomic E-state index is 0. The van der Waals surface area contributed by atoms with Gasteiger partial charge in [-0.3, -0.25) is 4.79 Å². The predicted octanol–water partition coefficient (Wildman–Crippen LogP) is 0.964. The maximum Gasteiger partial charge on any atom is 0.224 e. The van der Waals surface area contributed by atoms with Crippen LogP contribution in [-0.4, -0.2) is 36.8 Å². The molecular formula is C15H23ClN2O2. The van der Waals surface area contributed by atoms with Gasteiger partial charge in [0.15, 0.2) is 0 Å². The van der Waals surface area contributed by atoms with Gasteiger partial charge < -0.3 is 15.7 Å². The third-order valence-electron chi connectivity index (χ3n) is 3.72. The molecule has 5 heteroatoms. The summed E-state index contributed by atoms with van der Waals surface area (Å²) < 4.78 is 0. The van der Waals surface area contributed by atoms with Crippen molar-refractivity contribution in [3.8, 4) is 0 Å². The monoisotopic (exact) mass is 298 g/mol. The molecule has 1 aliphatic rings. The van der Waals surface area contributed by atoms with Crippen molar-refractivity contribution in [3.05, 3.63) is 34.9 Å². The molecule has 0 saturated carbocycles. The first kappa shape index (κ1) is 17.0. The molecule has 0 aromatic heterocycles. The number of nitrogens with one attached hydrogen (secondary N) is 2. The van der Waals surface area contributed by atoms with E-state index in [0.717, 1.165) is 17.7 Å². The van der Waals surface area contributed by atoms with E-state index in [1.165, 1.54) is 5.56 Å². The summed E-state index contributed by atoms with van der Waals surface area (Å²) in [5.41, 5.74) is 3.38. The molecule has 20 heavy (non-hydrogen) atoms. The van der Waals surface area contributed by atoms with Crippen molar-refractivity contribution in [3.63, 3.8) is 0 Å². The first-order valence-corrected chi connectivity index (χ1v) is 6.78. The van der Waals surface area contributed by atoms with Crippen molar-refractivity contribution in [2.75, 3.05) is 19.6 Å². The van der Waals surface area contributed by atoms with Crippen LogP contribution in [0.3, 0.4) is 0 Å². The van der Waals surface area contributed by atoms with Gasteiger partial charge >= 0.3 is 0 Å². The zero-order valence-corrected chi connectivity index (χ0v) is 12.8. The second-order valence-electron chi connectivity index (χ2n) is 5.40. The molecule has 1 saturated heterocycles. The lowest BCUT2D eigenvalue weighted by molar-refractivity contribution is -0.120. The number of aliphatic hydroxyl groups is 1. The molecular weight excluding hydrogens is 276 g/mol. The molecule has 0 radical (unpaired) electrons. The number of halogens is 1. The molecule has 1 aromatic carbocycles. The molecule has 1 aromatic rings. The van der Waals surface area contributed by atoms with Gasteiger partial charge in [0.2, 0.25) is 5.91 Å². The van der Waals surface area contributed by atoms with E-state index in [0.29, 0.717) is 19.5 Å². The van der Waals surface area contributed by atoms with Crippen molar-refractivity contribution in [1.29, 1.82) is 0 Å². The quantitative estimate of drug-likeness (QED) is 0.776. The van der Waals surface area contributed by atoms with Gasteiger partial charge in [0.25, 0.3) is 0 Å². The number of benzene rings is 1. The molecule has 0 aliphatic carbocycles. The summed E-state index contributed by atoms with van der Waals surface area (Å²) in [7, 11) is 0. The highest BCUT2D eigenvalue weighted by molar-refractivity contribution is 5.85. The van der Waals surface area contributed by atoms with Crippen LogP contribution in [-0.2, 0) is 11.2 Å². The average Bonchev–Trinajstić information content (AvgIpc) is 2.77. The molecule has 2 rings (SSSR count). The molecule has 0 bridgehead atoms. The van der Waals surface area contributed by atoms with Crippen LogP contribution >= 0.6 is 12.4 Å². The molecule has 112 valence electrons. The Balaban J connectivity index is 0.00000200. The highest BCUT2D eigenvalue weighted by atomic mass is 35.5. The molecule has 1 fully saturated rings. The van der Waals surface area contributed by atoms with Crippen molar-refractivity contribution in [2.24, 2.45) is 5.92 Å². The second-order valence-corrected chi connectivity index (χ2v) is 5.40. The van der Waals surface area contributed by atoms with Gasteiger partial charge in [0, 0.05) is 25.6 Å². The first-order valence-electron chi connectivity index (χ1n) is 6.78. The molecule has 0 spiro atoms. The Morgan fingerprint density at radius 2 is 2.15 bits per heavy atom. The zero-order valence-electron chi connectivity index (χ0n) is 12.0. The summed E-state index contributed by atoms with van der Waals surface area (Å²) >= 11 is 0. The Bertz CT molecular complexity index is 465. The standard InChI is InChI=1S/C15H22N2O2.ClH/c1-10-3-4-11(2)12(5-10)6-15(19)17-8-13-7-16-9-14(13)18;/h3-5,13-14,16,18H,6-9H2,1-2H3,(H,17,19);1H. The second kappa shape index (κ2) is 7.62. The third kappa shape index (κ3) is 4.47. The number of carbonyl (C=O) groups is 1. The average molecular weight is 299 g/mol. The van der Waals surface area contributed by atoms with Crippen molar-refractivity contribution < 1.29 is 9.90 Å². The van der Waals surface area contributed by atoms with Gasteiger partial charge in [-0.2, -0.15) is 0 Å². The molecule has 2 unspecified atom stereocenters. The Morgan fingerprint density at radius 3 is 2.80 bits per heavy atom. The van der Waals surface area contributed by atoms with E-state index in [-0.39, 0.29) is 30.3 Å². The maximum absolute atomic E-state index is 11.9. The first-order chi connectivity index (χ1) is 9.06. The summed E-state index contributed by atoms with van der Waals surface area (Å²) in [6, 6.07) is 6.15. The van der Waals surface area contributed by atoms with Crippen LogP contribution in [0.1, 0.15) is 16.7 Å². The number of carbonyl (C=O) groups excluding carboxylic acids is 1. The number of aliphatic hydroxyl groups excluding tert-OH is 1. The number of hydrogen-bond donors (Lipinski definition) is 3. The van der Waals surface area contributed by atoms with Gasteiger partial charge in [-0.1, -0.05) is 23.8 Å². The summed E-state index contributed by atoms with van der Waals surface area (Å²) in [5, 5.41) is 15.7. The van der Waals surface area contributed by atoms with Gasteiger partial charge in [0.1, 0.15) is 0 Å². The fourth-order valence-corrected chi connectivity index (χ4v) is 2.40. The highest BCUT2D eigenvalue weighted by Crippen LogP contribution is 2.12. The molecule has 1 aliphatic heterocycles. The van der Waals surface area contributed by atoms with Gasteiger partial charge in [-0.25, -0.2) is 0 Å². The number of β-amino-alcohol motifs (C(OH)–C–C–N with tert-alkyl or cyclic N) is 1. The number of hydrogen-bond acceptors (Lipinski definition) is 3. The normalized spacial score (nSPS) is 21.4. The van der Waals surface area contributed by atoms with E-state index in [9.17, 15) is 9.90 Å². The van der Waals surface area contributed by atoms with Crippen LogP contribution in [0.25, 0.3) is 0 Å². The zero-order chi connectivity index (χ0) is 13.8. The van der Waals surface area contributed by atoms with E-state index >= 15 is 0 Å². The fourth-order valence-electron chi connectivity index (χ4n) is 2.40. The molecule has 1 heterocycles. The van der Waals surface area contributed by atoms with Crippen molar-refractivity contribution in [2.45, 2.75) is 26.4 Å². The van der Waals surface area contributed by atoms with Crippen molar-refractivity contribution >= 4 is 18.3 Å². The van der Waals surface area contributed by atoms with Crippen molar-refractivity contribution in [1.82, 2.24) is 10.6 Å².